The van der Waals surface area contributed by atoms with E-state index in [-0.39, 0.29) is 0 Å². The van der Waals surface area contributed by atoms with Gasteiger partial charge >= 0.3 is 0 Å². The summed E-state index contributed by atoms with van der Waals surface area (Å²) in [6.45, 7) is 2.61. The van der Waals surface area contributed by atoms with Crippen molar-refractivity contribution in [3.8, 4) is 0 Å². The summed E-state index contributed by atoms with van der Waals surface area (Å²) in [6.07, 6.45) is 6.43. The summed E-state index contributed by atoms with van der Waals surface area (Å²) in [7, 11) is 4.14. The second-order valence-electron chi connectivity index (χ2n) is 5.06. The fourth-order valence-electron chi connectivity index (χ4n) is 1.83. The van der Waals surface area contributed by atoms with E-state index in [2.05, 4.69) is 44.6 Å². The number of nitrogens with zero attached hydrogens (tertiary/aromatic N) is 4. The maximum atomic E-state index is 4.44. The molecule has 0 amide bonds. The highest BCUT2D eigenvalue weighted by molar-refractivity contribution is 5.40. The Hall–Kier alpha value is -2.21. The zero-order chi connectivity index (χ0) is 14.9. The number of hydrogen-bond acceptors (Lipinski definition) is 6. The highest BCUT2D eigenvalue weighted by Crippen LogP contribution is 2.07. The lowest BCUT2D eigenvalue weighted by molar-refractivity contribution is 0.405. The Morgan fingerprint density at radius 1 is 1.14 bits per heavy atom. The molecule has 0 saturated carbocycles. The highest BCUT2D eigenvalue weighted by atomic mass is 15.1. The Bertz CT molecular complexity index is 529. The van der Waals surface area contributed by atoms with E-state index in [1.54, 1.807) is 12.4 Å². The Labute approximate surface area is 125 Å². The molecule has 0 spiro atoms. The summed E-state index contributed by atoms with van der Waals surface area (Å²) < 4.78 is 0. The van der Waals surface area contributed by atoms with Crippen molar-refractivity contribution in [3.63, 3.8) is 0 Å². The minimum atomic E-state index is 0.657. The Balaban J connectivity index is 1.80. The normalized spacial score (nSPS) is 10.6. The van der Waals surface area contributed by atoms with Gasteiger partial charge in [-0.05, 0) is 44.8 Å². The topological polar surface area (TPSA) is 66.0 Å². The highest BCUT2D eigenvalue weighted by Gasteiger charge is 1.99. The molecule has 0 aliphatic rings. The van der Waals surface area contributed by atoms with Gasteiger partial charge in [-0.3, -0.25) is 4.98 Å². The van der Waals surface area contributed by atoms with Crippen LogP contribution in [0.5, 0.6) is 0 Å². The van der Waals surface area contributed by atoms with Crippen molar-refractivity contribution < 1.29 is 0 Å². The lowest BCUT2D eigenvalue weighted by Gasteiger charge is -2.10. The van der Waals surface area contributed by atoms with Crippen LogP contribution in [0.1, 0.15) is 12.0 Å². The molecule has 2 aromatic heterocycles. The molecule has 6 nitrogen and oxygen atoms in total. The van der Waals surface area contributed by atoms with Crippen molar-refractivity contribution in [1.29, 1.82) is 0 Å². The summed E-state index contributed by atoms with van der Waals surface area (Å²) in [6, 6.07) is 5.82. The Morgan fingerprint density at radius 3 is 2.81 bits per heavy atom. The lowest BCUT2D eigenvalue weighted by Crippen LogP contribution is -2.17. The minimum absolute atomic E-state index is 0.657. The summed E-state index contributed by atoms with van der Waals surface area (Å²) in [5, 5.41) is 6.51. The van der Waals surface area contributed by atoms with Crippen molar-refractivity contribution in [1.82, 2.24) is 19.9 Å². The molecule has 2 aromatic rings. The smallest absolute Gasteiger partial charge is 0.224 e. The molecular formula is C15H22N6. The van der Waals surface area contributed by atoms with Gasteiger partial charge in [0.2, 0.25) is 5.95 Å². The van der Waals surface area contributed by atoms with Crippen LogP contribution in [0.25, 0.3) is 0 Å². The van der Waals surface area contributed by atoms with Gasteiger partial charge in [0.1, 0.15) is 5.82 Å². The average Bonchev–Trinajstić information content (AvgIpc) is 2.51. The molecule has 6 heteroatoms. The van der Waals surface area contributed by atoms with E-state index < -0.39 is 0 Å². The number of hydrogen-bond donors (Lipinski definition) is 2. The third-order valence-corrected chi connectivity index (χ3v) is 2.92. The van der Waals surface area contributed by atoms with E-state index >= 15 is 0 Å². The van der Waals surface area contributed by atoms with Gasteiger partial charge in [-0.15, -0.1) is 0 Å². The maximum Gasteiger partial charge on any atom is 0.224 e. The van der Waals surface area contributed by atoms with Crippen molar-refractivity contribution in [2.75, 3.05) is 37.8 Å². The lowest BCUT2D eigenvalue weighted by atomic mass is 10.3. The quantitative estimate of drug-likeness (QED) is 0.722. The van der Waals surface area contributed by atoms with Gasteiger partial charge in [-0.1, -0.05) is 6.07 Å². The van der Waals surface area contributed by atoms with Crippen LogP contribution < -0.4 is 10.6 Å². The molecule has 0 unspecified atom stereocenters. The molecule has 21 heavy (non-hydrogen) atoms. The Morgan fingerprint density at radius 2 is 2.05 bits per heavy atom. The fraction of sp³-hybridized carbons (Fsp3) is 0.400. The van der Waals surface area contributed by atoms with Crippen LogP contribution in [0.3, 0.4) is 0 Å². The molecule has 2 heterocycles. The van der Waals surface area contributed by atoms with Gasteiger partial charge in [0, 0.05) is 31.7 Å². The first kappa shape index (κ1) is 15.2. The molecule has 0 aliphatic carbocycles. The van der Waals surface area contributed by atoms with E-state index in [0.29, 0.717) is 12.5 Å². The predicted octanol–water partition coefficient (Wildman–Crippen LogP) is 1.85. The summed E-state index contributed by atoms with van der Waals surface area (Å²) in [5.41, 5.74) is 1.12. The summed E-state index contributed by atoms with van der Waals surface area (Å²) >= 11 is 0. The van der Waals surface area contributed by atoms with E-state index in [9.17, 15) is 0 Å². The Kier molecular flexibility index (Phi) is 5.90. The monoisotopic (exact) mass is 286 g/mol. The van der Waals surface area contributed by atoms with Crippen LogP contribution in [0, 0.1) is 0 Å². The van der Waals surface area contributed by atoms with Crippen LogP contribution in [0.4, 0.5) is 11.8 Å². The van der Waals surface area contributed by atoms with Crippen molar-refractivity contribution in [2.45, 2.75) is 13.0 Å². The number of pyridine rings is 1. The zero-order valence-electron chi connectivity index (χ0n) is 12.6. The second-order valence-corrected chi connectivity index (χ2v) is 5.06. The molecule has 2 N–H and O–H groups in total. The first-order valence-corrected chi connectivity index (χ1v) is 7.08. The van der Waals surface area contributed by atoms with E-state index in [0.717, 1.165) is 30.9 Å². The molecular weight excluding hydrogens is 264 g/mol. The van der Waals surface area contributed by atoms with Gasteiger partial charge in [0.05, 0.1) is 0 Å². The summed E-state index contributed by atoms with van der Waals surface area (Å²) in [5.74, 6) is 1.47. The third-order valence-electron chi connectivity index (χ3n) is 2.92. The first-order valence-electron chi connectivity index (χ1n) is 7.08. The van der Waals surface area contributed by atoms with E-state index in [1.165, 1.54) is 0 Å². The van der Waals surface area contributed by atoms with Gasteiger partial charge in [-0.2, -0.15) is 4.98 Å². The number of rotatable bonds is 8. The number of anilines is 2. The largest absolute Gasteiger partial charge is 0.366 e. The molecule has 0 aromatic carbocycles. The van der Waals surface area contributed by atoms with Crippen molar-refractivity contribution >= 4 is 11.8 Å². The van der Waals surface area contributed by atoms with Crippen LogP contribution in [0.15, 0.2) is 36.8 Å². The van der Waals surface area contributed by atoms with Crippen molar-refractivity contribution in [3.05, 3.63) is 42.4 Å². The number of aromatic nitrogens is 3. The molecule has 0 saturated heterocycles. The molecule has 0 bridgehead atoms. The third kappa shape index (κ3) is 5.74. The fourth-order valence-corrected chi connectivity index (χ4v) is 1.83. The SMILES string of the molecule is CN(C)CCCNc1nccc(NCc2cccnc2)n1. The van der Waals surface area contributed by atoms with Gasteiger partial charge in [-0.25, -0.2) is 4.98 Å². The second kappa shape index (κ2) is 8.16. The molecule has 0 radical (unpaired) electrons. The van der Waals surface area contributed by atoms with E-state index in [4.69, 9.17) is 0 Å². The van der Waals surface area contributed by atoms with Crippen LogP contribution in [-0.4, -0.2) is 47.0 Å². The minimum Gasteiger partial charge on any atom is -0.366 e. The van der Waals surface area contributed by atoms with Gasteiger partial charge in [0.25, 0.3) is 0 Å². The zero-order valence-corrected chi connectivity index (χ0v) is 12.6. The molecule has 0 fully saturated rings. The van der Waals surface area contributed by atoms with Gasteiger partial charge < -0.3 is 15.5 Å². The van der Waals surface area contributed by atoms with E-state index in [1.807, 2.05) is 24.4 Å². The summed E-state index contributed by atoms with van der Waals surface area (Å²) in [4.78, 5) is 14.9. The van der Waals surface area contributed by atoms with Crippen LogP contribution in [-0.2, 0) is 6.54 Å². The molecule has 2 rings (SSSR count). The molecule has 112 valence electrons. The maximum absolute atomic E-state index is 4.44. The molecule has 0 atom stereocenters. The van der Waals surface area contributed by atoms with Crippen LogP contribution in [0.2, 0.25) is 0 Å². The standard InChI is InChI=1S/C15H22N6/c1-21(2)10-4-8-17-15-18-9-6-14(20-15)19-12-13-5-3-7-16-11-13/h3,5-7,9,11H,4,8,10,12H2,1-2H3,(H2,17,18,19,20). The first-order chi connectivity index (χ1) is 10.2. The predicted molar refractivity (Wildman–Crippen MR) is 85.3 cm³/mol. The number of nitrogens with one attached hydrogen (secondary N) is 2. The molecule has 0 aliphatic heterocycles. The average molecular weight is 286 g/mol. The van der Waals surface area contributed by atoms with Crippen molar-refractivity contribution in [2.24, 2.45) is 0 Å². The van der Waals surface area contributed by atoms with Crippen LogP contribution >= 0.6 is 0 Å². The van der Waals surface area contributed by atoms with Gasteiger partial charge in [0.15, 0.2) is 0 Å².